The summed E-state index contributed by atoms with van der Waals surface area (Å²) in [6.45, 7) is 4.49. The highest BCUT2D eigenvalue weighted by molar-refractivity contribution is 6.05. The molecule has 1 saturated heterocycles. The van der Waals surface area contributed by atoms with E-state index in [1.54, 1.807) is 14.0 Å². The zero-order chi connectivity index (χ0) is 19.4. The number of carbonyl (C=O) groups excluding carboxylic acids is 1. The molecule has 0 radical (unpaired) electrons. The highest BCUT2D eigenvalue weighted by Gasteiger charge is 2.50. The molecule has 0 spiro atoms. The van der Waals surface area contributed by atoms with E-state index in [1.165, 1.54) is 5.06 Å². The number of nitrogens with zero attached hydrogens (tertiary/aromatic N) is 3. The molecule has 2 aliphatic heterocycles. The number of carboxylic acid groups (broad SMARTS) is 1. The molecule has 0 aliphatic carbocycles. The average Bonchev–Trinajstić information content (AvgIpc) is 3.00. The molecule has 1 atom stereocenters. The maximum atomic E-state index is 11.9. The zero-order valence-corrected chi connectivity index (χ0v) is 15.4. The number of hydroxylamine groups is 2. The Bertz CT molecular complexity index is 746. The van der Waals surface area contributed by atoms with Crippen molar-refractivity contribution in [1.29, 1.82) is 0 Å². The van der Waals surface area contributed by atoms with Gasteiger partial charge in [0.25, 0.3) is 5.72 Å². The van der Waals surface area contributed by atoms with Gasteiger partial charge in [-0.15, -0.1) is 0 Å². The monoisotopic (exact) mass is 377 g/mol. The van der Waals surface area contributed by atoms with Crippen LogP contribution in [-0.4, -0.2) is 73.6 Å². The Balaban J connectivity index is 1.97. The fraction of sp³-hybridized carbons (Fsp3) is 0.500. The molecule has 2 heterocycles. The van der Waals surface area contributed by atoms with Crippen LogP contribution >= 0.6 is 0 Å². The summed E-state index contributed by atoms with van der Waals surface area (Å²) in [5.74, 6) is -1.68. The molecule has 2 aliphatic rings. The van der Waals surface area contributed by atoms with Crippen molar-refractivity contribution in [2.75, 3.05) is 44.9 Å². The molecule has 0 bridgehead atoms. The van der Waals surface area contributed by atoms with Crippen LogP contribution < -0.4 is 4.90 Å². The number of hydrogen-bond acceptors (Lipinski definition) is 8. The van der Waals surface area contributed by atoms with E-state index in [0.29, 0.717) is 19.0 Å². The smallest absolute Gasteiger partial charge is 0.362 e. The standard InChI is InChI=1S/C18H23N3O6/c1-3-26-15(22)12-18(17(23)24)19-16(20(2)27-18)13-6-4-5-7-14(13)21-8-10-25-11-9-21/h4-7H,3,8-12H2,1-2H3,(H,23,24). The van der Waals surface area contributed by atoms with Crippen LogP contribution in [0.4, 0.5) is 5.69 Å². The maximum absolute atomic E-state index is 11.9. The minimum absolute atomic E-state index is 0.154. The molecule has 1 aromatic carbocycles. The van der Waals surface area contributed by atoms with Crippen LogP contribution in [0, 0.1) is 0 Å². The lowest BCUT2D eigenvalue weighted by Gasteiger charge is -2.31. The molecular weight excluding hydrogens is 354 g/mol. The summed E-state index contributed by atoms with van der Waals surface area (Å²) in [5, 5.41) is 11.0. The molecule has 1 fully saturated rings. The molecule has 3 rings (SSSR count). The fourth-order valence-corrected chi connectivity index (χ4v) is 3.15. The maximum Gasteiger partial charge on any atom is 0.362 e. The molecule has 0 aromatic heterocycles. The van der Waals surface area contributed by atoms with Gasteiger partial charge in [-0.25, -0.2) is 19.7 Å². The first kappa shape index (κ1) is 19.1. The van der Waals surface area contributed by atoms with E-state index in [0.717, 1.165) is 24.3 Å². The van der Waals surface area contributed by atoms with Crippen molar-refractivity contribution in [1.82, 2.24) is 5.06 Å². The number of carbonyl (C=O) groups is 2. The van der Waals surface area contributed by atoms with Gasteiger partial charge >= 0.3 is 11.9 Å². The first-order valence-corrected chi connectivity index (χ1v) is 8.80. The van der Waals surface area contributed by atoms with Crippen molar-refractivity contribution < 1.29 is 29.0 Å². The molecule has 1 aromatic rings. The molecule has 146 valence electrons. The van der Waals surface area contributed by atoms with Crippen LogP contribution in [0.25, 0.3) is 0 Å². The number of amidine groups is 1. The van der Waals surface area contributed by atoms with Crippen molar-refractivity contribution in [3.05, 3.63) is 29.8 Å². The minimum atomic E-state index is -2.03. The predicted octanol–water partition coefficient (Wildman–Crippen LogP) is 0.881. The van der Waals surface area contributed by atoms with Crippen molar-refractivity contribution in [2.45, 2.75) is 19.1 Å². The molecule has 1 unspecified atom stereocenters. The SMILES string of the molecule is CCOC(=O)CC1(C(=O)O)N=C(c2ccccc2N2CCOCC2)N(C)O1. The summed E-state index contributed by atoms with van der Waals surface area (Å²) in [4.78, 5) is 35.8. The van der Waals surface area contributed by atoms with Crippen LogP contribution in [0.1, 0.15) is 18.9 Å². The third-order valence-electron chi connectivity index (χ3n) is 4.39. The summed E-state index contributed by atoms with van der Waals surface area (Å²) < 4.78 is 10.3. The Hall–Kier alpha value is -2.65. The summed E-state index contributed by atoms with van der Waals surface area (Å²) in [6, 6.07) is 7.56. The van der Waals surface area contributed by atoms with Crippen LogP contribution in [-0.2, 0) is 23.9 Å². The van der Waals surface area contributed by atoms with Gasteiger partial charge in [0, 0.05) is 31.4 Å². The minimum Gasteiger partial charge on any atom is -0.478 e. The van der Waals surface area contributed by atoms with Gasteiger partial charge in [-0.05, 0) is 19.1 Å². The third-order valence-corrected chi connectivity index (χ3v) is 4.39. The molecule has 0 saturated carbocycles. The lowest BCUT2D eigenvalue weighted by Crippen LogP contribution is -2.41. The summed E-state index contributed by atoms with van der Waals surface area (Å²) in [6.07, 6.45) is -0.510. The van der Waals surface area contributed by atoms with Gasteiger partial charge in [-0.1, -0.05) is 12.1 Å². The number of rotatable bonds is 6. The molecular formula is C18H23N3O6. The van der Waals surface area contributed by atoms with Gasteiger partial charge in [-0.2, -0.15) is 0 Å². The number of carboxylic acids is 1. The zero-order valence-electron chi connectivity index (χ0n) is 15.4. The van der Waals surface area contributed by atoms with Gasteiger partial charge in [-0.3, -0.25) is 4.79 Å². The van der Waals surface area contributed by atoms with Crippen molar-refractivity contribution >= 4 is 23.5 Å². The lowest BCUT2D eigenvalue weighted by atomic mass is 10.1. The number of anilines is 1. The van der Waals surface area contributed by atoms with Gasteiger partial charge in [0.2, 0.25) is 0 Å². The van der Waals surface area contributed by atoms with Gasteiger partial charge in [0.15, 0.2) is 5.84 Å². The van der Waals surface area contributed by atoms with Crippen molar-refractivity contribution in [3.63, 3.8) is 0 Å². The van der Waals surface area contributed by atoms with Crippen LogP contribution in [0.15, 0.2) is 29.3 Å². The normalized spacial score (nSPS) is 22.5. The highest BCUT2D eigenvalue weighted by atomic mass is 16.7. The topological polar surface area (TPSA) is 101 Å². The van der Waals surface area contributed by atoms with E-state index >= 15 is 0 Å². The van der Waals surface area contributed by atoms with E-state index in [4.69, 9.17) is 14.3 Å². The van der Waals surface area contributed by atoms with Gasteiger partial charge in [0.1, 0.15) is 6.42 Å². The molecule has 0 amide bonds. The van der Waals surface area contributed by atoms with Crippen LogP contribution in [0.5, 0.6) is 0 Å². The molecule has 27 heavy (non-hydrogen) atoms. The quantitative estimate of drug-likeness (QED) is 0.729. The van der Waals surface area contributed by atoms with Gasteiger partial charge in [0.05, 0.1) is 19.8 Å². The van der Waals surface area contributed by atoms with E-state index in [1.807, 2.05) is 24.3 Å². The Kier molecular flexibility index (Phi) is 5.62. The summed E-state index contributed by atoms with van der Waals surface area (Å²) >= 11 is 0. The van der Waals surface area contributed by atoms with Gasteiger partial charge < -0.3 is 19.5 Å². The molecule has 1 N–H and O–H groups in total. The van der Waals surface area contributed by atoms with Crippen molar-refractivity contribution in [2.24, 2.45) is 4.99 Å². The Morgan fingerprint density at radius 2 is 2.00 bits per heavy atom. The number of ether oxygens (including phenoxy) is 2. The first-order valence-electron chi connectivity index (χ1n) is 8.80. The largest absolute Gasteiger partial charge is 0.478 e. The second-order valence-corrected chi connectivity index (χ2v) is 6.21. The van der Waals surface area contributed by atoms with Crippen molar-refractivity contribution in [3.8, 4) is 0 Å². The third kappa shape index (κ3) is 3.88. The second kappa shape index (κ2) is 7.93. The Morgan fingerprint density at radius 3 is 2.67 bits per heavy atom. The molecule has 9 heteroatoms. The number of esters is 1. The Labute approximate surface area is 157 Å². The lowest BCUT2D eigenvalue weighted by molar-refractivity contribution is -0.203. The van der Waals surface area contributed by atoms with E-state index < -0.39 is 24.1 Å². The van der Waals surface area contributed by atoms with E-state index in [-0.39, 0.29) is 6.61 Å². The highest BCUT2D eigenvalue weighted by Crippen LogP contribution is 2.32. The number of benzene rings is 1. The predicted molar refractivity (Wildman–Crippen MR) is 96.5 cm³/mol. The number of hydrogen-bond donors (Lipinski definition) is 1. The number of aliphatic carboxylic acids is 1. The first-order chi connectivity index (χ1) is 13.0. The van der Waals surface area contributed by atoms with Crippen LogP contribution in [0.3, 0.4) is 0 Å². The summed E-state index contributed by atoms with van der Waals surface area (Å²) in [7, 11) is 1.57. The number of para-hydroxylation sites is 1. The molecule has 9 nitrogen and oxygen atoms in total. The Morgan fingerprint density at radius 1 is 1.30 bits per heavy atom. The number of morpholine rings is 1. The number of aliphatic imine (C=N–C) groups is 1. The second-order valence-electron chi connectivity index (χ2n) is 6.21. The summed E-state index contributed by atoms with van der Waals surface area (Å²) in [5.41, 5.74) is -0.393. The fourth-order valence-electron chi connectivity index (χ4n) is 3.15. The van der Waals surface area contributed by atoms with E-state index in [9.17, 15) is 14.7 Å². The van der Waals surface area contributed by atoms with E-state index in [2.05, 4.69) is 9.89 Å². The van der Waals surface area contributed by atoms with Crippen LogP contribution in [0.2, 0.25) is 0 Å². The average molecular weight is 377 g/mol.